The molecule has 0 spiro atoms. The first-order chi connectivity index (χ1) is 9.60. The van der Waals surface area contributed by atoms with Crippen LogP contribution in [0, 0.1) is 5.82 Å². The van der Waals surface area contributed by atoms with Gasteiger partial charge in [-0.15, -0.1) is 0 Å². The minimum Gasteiger partial charge on any atom is -0.388 e. The van der Waals surface area contributed by atoms with Crippen LogP contribution in [0.5, 0.6) is 0 Å². The van der Waals surface area contributed by atoms with E-state index in [0.29, 0.717) is 12.2 Å². The summed E-state index contributed by atoms with van der Waals surface area (Å²) in [4.78, 5) is 17.9. The summed E-state index contributed by atoms with van der Waals surface area (Å²) in [6.07, 6.45) is 1.59. The molecule has 20 heavy (non-hydrogen) atoms. The highest BCUT2D eigenvalue weighted by Crippen LogP contribution is 2.11. The van der Waals surface area contributed by atoms with E-state index in [2.05, 4.69) is 10.3 Å². The third-order valence-corrected chi connectivity index (χ3v) is 2.95. The van der Waals surface area contributed by atoms with Crippen molar-refractivity contribution >= 4 is 11.6 Å². The van der Waals surface area contributed by atoms with Crippen molar-refractivity contribution in [1.82, 2.24) is 9.88 Å². The zero-order valence-corrected chi connectivity index (χ0v) is 11.4. The Kier molecular flexibility index (Phi) is 4.30. The molecule has 1 amide bonds. The topological polar surface area (TPSA) is 45.2 Å². The van der Waals surface area contributed by atoms with Crippen LogP contribution in [0.2, 0.25) is 0 Å². The van der Waals surface area contributed by atoms with E-state index >= 15 is 0 Å². The van der Waals surface area contributed by atoms with Gasteiger partial charge in [-0.05, 0) is 29.8 Å². The van der Waals surface area contributed by atoms with Gasteiger partial charge in [0.1, 0.15) is 11.5 Å². The molecule has 0 saturated carbocycles. The fraction of sp³-hybridized carbons (Fsp3) is 0.200. The van der Waals surface area contributed by atoms with E-state index in [9.17, 15) is 9.18 Å². The molecule has 0 aliphatic carbocycles. The summed E-state index contributed by atoms with van der Waals surface area (Å²) in [6.45, 7) is 0.407. The Morgan fingerprint density at radius 1 is 1.30 bits per heavy atom. The van der Waals surface area contributed by atoms with Gasteiger partial charge in [0.05, 0.1) is 0 Å². The van der Waals surface area contributed by atoms with Gasteiger partial charge in [-0.3, -0.25) is 9.78 Å². The SMILES string of the molecule is CNc1ccnc(C(=O)N(C)Cc2ccc(F)cc2)c1. The summed E-state index contributed by atoms with van der Waals surface area (Å²) < 4.78 is 12.8. The van der Waals surface area contributed by atoms with E-state index in [1.807, 2.05) is 0 Å². The molecule has 0 bridgehead atoms. The lowest BCUT2D eigenvalue weighted by Crippen LogP contribution is -2.27. The molecular formula is C15H16FN3O. The van der Waals surface area contributed by atoms with Gasteiger partial charge in [0, 0.05) is 32.5 Å². The number of hydrogen-bond donors (Lipinski definition) is 1. The van der Waals surface area contributed by atoms with E-state index in [4.69, 9.17) is 0 Å². The smallest absolute Gasteiger partial charge is 0.272 e. The van der Waals surface area contributed by atoms with Crippen LogP contribution < -0.4 is 5.32 Å². The maximum Gasteiger partial charge on any atom is 0.272 e. The lowest BCUT2D eigenvalue weighted by Gasteiger charge is -2.17. The Morgan fingerprint density at radius 3 is 2.65 bits per heavy atom. The van der Waals surface area contributed by atoms with E-state index in [1.54, 1.807) is 49.5 Å². The maximum absolute atomic E-state index is 12.8. The molecule has 2 rings (SSSR count). The Morgan fingerprint density at radius 2 is 2.00 bits per heavy atom. The number of amides is 1. The Balaban J connectivity index is 2.09. The molecule has 4 nitrogen and oxygen atoms in total. The van der Waals surface area contributed by atoms with Crippen LogP contribution in [0.1, 0.15) is 16.1 Å². The summed E-state index contributed by atoms with van der Waals surface area (Å²) in [6, 6.07) is 9.58. The Labute approximate surface area is 117 Å². The molecule has 0 atom stereocenters. The number of hydrogen-bond acceptors (Lipinski definition) is 3. The van der Waals surface area contributed by atoms with Crippen LogP contribution in [0.15, 0.2) is 42.6 Å². The van der Waals surface area contributed by atoms with Crippen LogP contribution in [-0.2, 0) is 6.54 Å². The molecule has 104 valence electrons. The van der Waals surface area contributed by atoms with Gasteiger partial charge < -0.3 is 10.2 Å². The minimum absolute atomic E-state index is 0.175. The quantitative estimate of drug-likeness (QED) is 0.931. The summed E-state index contributed by atoms with van der Waals surface area (Å²) in [5.41, 5.74) is 2.08. The average molecular weight is 273 g/mol. The number of pyridine rings is 1. The van der Waals surface area contributed by atoms with Crippen molar-refractivity contribution in [3.63, 3.8) is 0 Å². The normalized spacial score (nSPS) is 10.2. The van der Waals surface area contributed by atoms with Crippen molar-refractivity contribution in [3.8, 4) is 0 Å². The number of benzene rings is 1. The number of rotatable bonds is 4. The highest BCUT2D eigenvalue weighted by Gasteiger charge is 2.13. The van der Waals surface area contributed by atoms with Crippen LogP contribution in [-0.4, -0.2) is 29.9 Å². The van der Waals surface area contributed by atoms with E-state index < -0.39 is 0 Å². The Hall–Kier alpha value is -2.43. The number of halogens is 1. The van der Waals surface area contributed by atoms with Crippen molar-refractivity contribution < 1.29 is 9.18 Å². The van der Waals surface area contributed by atoms with Crippen LogP contribution in [0.4, 0.5) is 10.1 Å². The van der Waals surface area contributed by atoms with Gasteiger partial charge in [-0.25, -0.2) is 4.39 Å². The van der Waals surface area contributed by atoms with Crippen molar-refractivity contribution in [2.75, 3.05) is 19.4 Å². The first-order valence-electron chi connectivity index (χ1n) is 6.24. The molecule has 1 aromatic heterocycles. The fourth-order valence-electron chi connectivity index (χ4n) is 1.83. The van der Waals surface area contributed by atoms with Crippen LogP contribution in [0.3, 0.4) is 0 Å². The van der Waals surface area contributed by atoms with E-state index in [0.717, 1.165) is 11.3 Å². The molecule has 1 heterocycles. The number of carbonyl (C=O) groups is 1. The molecule has 1 N–H and O–H groups in total. The number of nitrogens with zero attached hydrogens (tertiary/aromatic N) is 2. The van der Waals surface area contributed by atoms with Gasteiger partial charge in [0.15, 0.2) is 0 Å². The van der Waals surface area contributed by atoms with Gasteiger partial charge in [-0.2, -0.15) is 0 Å². The minimum atomic E-state index is -0.286. The third-order valence-electron chi connectivity index (χ3n) is 2.95. The maximum atomic E-state index is 12.8. The number of nitrogens with one attached hydrogen (secondary N) is 1. The molecule has 0 fully saturated rings. The highest BCUT2D eigenvalue weighted by molar-refractivity contribution is 5.92. The van der Waals surface area contributed by atoms with Gasteiger partial charge in [0.25, 0.3) is 5.91 Å². The molecular weight excluding hydrogens is 257 g/mol. The van der Waals surface area contributed by atoms with Gasteiger partial charge in [0.2, 0.25) is 0 Å². The summed E-state index contributed by atoms with van der Waals surface area (Å²) in [7, 11) is 3.48. The molecule has 2 aromatic rings. The molecule has 0 unspecified atom stereocenters. The monoisotopic (exact) mass is 273 g/mol. The molecule has 1 aromatic carbocycles. The largest absolute Gasteiger partial charge is 0.388 e. The lowest BCUT2D eigenvalue weighted by atomic mass is 10.2. The summed E-state index contributed by atoms with van der Waals surface area (Å²) >= 11 is 0. The summed E-state index contributed by atoms with van der Waals surface area (Å²) in [5, 5.41) is 2.96. The van der Waals surface area contributed by atoms with Crippen molar-refractivity contribution in [3.05, 3.63) is 59.7 Å². The van der Waals surface area contributed by atoms with E-state index in [-0.39, 0.29) is 11.7 Å². The predicted octanol–water partition coefficient (Wildman–Crippen LogP) is 2.53. The van der Waals surface area contributed by atoms with Gasteiger partial charge >= 0.3 is 0 Å². The Bertz CT molecular complexity index is 598. The highest BCUT2D eigenvalue weighted by atomic mass is 19.1. The first kappa shape index (κ1) is 14.0. The third kappa shape index (κ3) is 3.32. The molecule has 0 aliphatic rings. The zero-order chi connectivity index (χ0) is 14.5. The second-order valence-electron chi connectivity index (χ2n) is 4.47. The first-order valence-corrected chi connectivity index (χ1v) is 6.24. The van der Waals surface area contributed by atoms with Crippen LogP contribution in [0.25, 0.3) is 0 Å². The van der Waals surface area contributed by atoms with Crippen molar-refractivity contribution in [2.45, 2.75) is 6.54 Å². The average Bonchev–Trinajstić information content (AvgIpc) is 2.48. The van der Waals surface area contributed by atoms with Crippen molar-refractivity contribution in [1.29, 1.82) is 0 Å². The van der Waals surface area contributed by atoms with Crippen molar-refractivity contribution in [2.24, 2.45) is 0 Å². The zero-order valence-electron chi connectivity index (χ0n) is 11.4. The molecule has 5 heteroatoms. The second-order valence-corrected chi connectivity index (χ2v) is 4.47. The fourth-order valence-corrected chi connectivity index (χ4v) is 1.83. The number of anilines is 1. The standard InChI is InChI=1S/C15H16FN3O/c1-17-13-7-8-18-14(9-13)15(20)19(2)10-11-3-5-12(16)6-4-11/h3-9H,10H2,1-2H3,(H,17,18). The summed E-state index contributed by atoms with van der Waals surface area (Å²) in [5.74, 6) is -0.461. The van der Waals surface area contributed by atoms with Crippen LogP contribution >= 0.6 is 0 Å². The van der Waals surface area contributed by atoms with E-state index in [1.165, 1.54) is 12.1 Å². The predicted molar refractivity (Wildman–Crippen MR) is 76.0 cm³/mol. The number of carbonyl (C=O) groups excluding carboxylic acids is 1. The molecule has 0 aliphatic heterocycles. The number of aromatic nitrogens is 1. The molecule has 0 radical (unpaired) electrons. The van der Waals surface area contributed by atoms with Gasteiger partial charge in [-0.1, -0.05) is 12.1 Å². The second kappa shape index (κ2) is 6.14. The molecule has 0 saturated heterocycles. The lowest BCUT2D eigenvalue weighted by molar-refractivity contribution is 0.0779.